The highest BCUT2D eigenvalue weighted by Crippen LogP contribution is 2.29. The van der Waals surface area contributed by atoms with Crippen LogP contribution in [0.5, 0.6) is 5.88 Å². The van der Waals surface area contributed by atoms with Crippen molar-refractivity contribution in [3.63, 3.8) is 0 Å². The molecule has 3 aromatic rings. The zero-order valence-corrected chi connectivity index (χ0v) is 16.9. The first-order valence-corrected chi connectivity index (χ1v) is 9.80. The first-order valence-electron chi connectivity index (χ1n) is 9.80. The number of hydrogen-bond donors (Lipinski definition) is 1. The number of nitrogens with zero attached hydrogens (tertiary/aromatic N) is 4. The van der Waals surface area contributed by atoms with E-state index >= 15 is 0 Å². The second-order valence-electron chi connectivity index (χ2n) is 7.73. The molecule has 1 aliphatic rings. The molecule has 1 aromatic carbocycles. The summed E-state index contributed by atoms with van der Waals surface area (Å²) in [6.45, 7) is 3.28. The van der Waals surface area contributed by atoms with Gasteiger partial charge in [0.1, 0.15) is 0 Å². The van der Waals surface area contributed by atoms with Gasteiger partial charge in [0.25, 0.3) is 0 Å². The lowest BCUT2D eigenvalue weighted by Gasteiger charge is -2.18. The average molecular weight is 391 g/mol. The lowest BCUT2D eigenvalue weighted by Crippen LogP contribution is -2.21. The number of rotatable bonds is 6. The number of fused-ring (bicyclic) bond motifs is 1. The third-order valence-electron chi connectivity index (χ3n) is 5.40. The van der Waals surface area contributed by atoms with Crippen molar-refractivity contribution in [3.8, 4) is 17.1 Å². The molecule has 0 saturated carbocycles. The van der Waals surface area contributed by atoms with Crippen LogP contribution in [-0.4, -0.2) is 48.1 Å². The zero-order valence-electron chi connectivity index (χ0n) is 16.9. The molecule has 0 aliphatic carbocycles. The number of carbonyl (C=O) groups excluding carboxylic acids is 1. The van der Waals surface area contributed by atoms with Crippen LogP contribution in [0.15, 0.2) is 42.7 Å². The predicted octanol–water partition coefficient (Wildman–Crippen LogP) is 2.91. The Hall–Kier alpha value is -3.22. The molecular weight excluding hydrogens is 366 g/mol. The number of nitrogens with one attached hydrogen (secondary N) is 1. The normalized spacial score (nSPS) is 17.2. The first-order chi connectivity index (χ1) is 14.0. The number of aromatic nitrogens is 3. The standard InChI is InChI=1S/C22H25N5O2/c1-14(16-10-20(28)25-12-16)13-29-22-21-19(23-8-9-24-21)11-18(26-22)15-4-6-17(7-5-15)27(2)3/h4-9,11,14,16H,10,12-13H2,1-3H3,(H,25,28). The van der Waals surface area contributed by atoms with Gasteiger partial charge >= 0.3 is 0 Å². The van der Waals surface area contributed by atoms with E-state index in [0.29, 0.717) is 31.0 Å². The van der Waals surface area contributed by atoms with Crippen molar-refractivity contribution in [1.82, 2.24) is 20.3 Å². The smallest absolute Gasteiger partial charge is 0.242 e. The molecule has 29 heavy (non-hydrogen) atoms. The molecule has 2 unspecified atom stereocenters. The highest BCUT2D eigenvalue weighted by Gasteiger charge is 2.27. The number of carbonyl (C=O) groups is 1. The molecular formula is C22H25N5O2. The molecule has 4 rings (SSSR count). The number of amides is 1. The van der Waals surface area contributed by atoms with Crippen LogP contribution in [-0.2, 0) is 4.79 Å². The third kappa shape index (κ3) is 4.13. The number of anilines is 1. The minimum absolute atomic E-state index is 0.111. The minimum Gasteiger partial charge on any atom is -0.476 e. The SMILES string of the molecule is CC(COc1nc(-c2ccc(N(C)C)cc2)cc2nccnc12)C1CNC(=O)C1. The van der Waals surface area contributed by atoms with E-state index in [-0.39, 0.29) is 17.7 Å². The van der Waals surface area contributed by atoms with Crippen molar-refractivity contribution < 1.29 is 9.53 Å². The van der Waals surface area contributed by atoms with Crippen molar-refractivity contribution in [2.45, 2.75) is 13.3 Å². The van der Waals surface area contributed by atoms with Gasteiger partial charge in [0, 0.05) is 50.7 Å². The summed E-state index contributed by atoms with van der Waals surface area (Å²) in [5.74, 6) is 1.10. The van der Waals surface area contributed by atoms with E-state index in [0.717, 1.165) is 22.5 Å². The fraction of sp³-hybridized carbons (Fsp3) is 0.364. The Morgan fingerprint density at radius 1 is 1.21 bits per heavy atom. The average Bonchev–Trinajstić information content (AvgIpc) is 3.18. The van der Waals surface area contributed by atoms with Gasteiger partial charge in [-0.05, 0) is 30.0 Å². The van der Waals surface area contributed by atoms with Crippen LogP contribution < -0.4 is 15.0 Å². The van der Waals surface area contributed by atoms with Crippen molar-refractivity contribution in [2.24, 2.45) is 11.8 Å². The van der Waals surface area contributed by atoms with Crippen LogP contribution in [0.25, 0.3) is 22.3 Å². The fourth-order valence-corrected chi connectivity index (χ4v) is 3.50. The van der Waals surface area contributed by atoms with Crippen molar-refractivity contribution in [2.75, 3.05) is 32.1 Å². The summed E-state index contributed by atoms with van der Waals surface area (Å²) in [6.07, 6.45) is 3.87. The molecule has 7 heteroatoms. The highest BCUT2D eigenvalue weighted by molar-refractivity contribution is 5.83. The van der Waals surface area contributed by atoms with E-state index in [1.807, 2.05) is 32.3 Å². The van der Waals surface area contributed by atoms with E-state index in [1.54, 1.807) is 12.4 Å². The van der Waals surface area contributed by atoms with E-state index in [4.69, 9.17) is 9.72 Å². The van der Waals surface area contributed by atoms with Crippen LogP contribution in [0, 0.1) is 11.8 Å². The van der Waals surface area contributed by atoms with Gasteiger partial charge < -0.3 is 15.0 Å². The second-order valence-corrected chi connectivity index (χ2v) is 7.73. The molecule has 1 aliphatic heterocycles. The summed E-state index contributed by atoms with van der Waals surface area (Å²) in [6, 6.07) is 10.1. The minimum atomic E-state index is 0.111. The zero-order chi connectivity index (χ0) is 20.4. The van der Waals surface area contributed by atoms with Crippen molar-refractivity contribution in [1.29, 1.82) is 0 Å². The molecule has 0 spiro atoms. The molecule has 1 N–H and O–H groups in total. The molecule has 150 valence electrons. The largest absolute Gasteiger partial charge is 0.476 e. The van der Waals surface area contributed by atoms with Gasteiger partial charge in [0.05, 0.1) is 17.8 Å². The van der Waals surface area contributed by atoms with E-state index in [9.17, 15) is 4.79 Å². The van der Waals surface area contributed by atoms with Crippen LogP contribution >= 0.6 is 0 Å². The van der Waals surface area contributed by atoms with E-state index in [2.05, 4.69) is 39.2 Å². The summed E-state index contributed by atoms with van der Waals surface area (Å²) in [7, 11) is 4.03. The summed E-state index contributed by atoms with van der Waals surface area (Å²) in [5, 5.41) is 2.89. The Morgan fingerprint density at radius 3 is 2.66 bits per heavy atom. The Labute approximate surface area is 170 Å². The maximum atomic E-state index is 11.5. The lowest BCUT2D eigenvalue weighted by atomic mass is 9.94. The van der Waals surface area contributed by atoms with Gasteiger partial charge in [-0.25, -0.2) is 9.97 Å². The van der Waals surface area contributed by atoms with Gasteiger partial charge in [-0.3, -0.25) is 9.78 Å². The molecule has 1 saturated heterocycles. The number of pyridine rings is 1. The van der Waals surface area contributed by atoms with Crippen molar-refractivity contribution >= 4 is 22.6 Å². The van der Waals surface area contributed by atoms with Crippen LogP contribution in [0.3, 0.4) is 0 Å². The van der Waals surface area contributed by atoms with Gasteiger partial charge in [-0.15, -0.1) is 0 Å². The summed E-state index contributed by atoms with van der Waals surface area (Å²) in [4.78, 5) is 27.1. The number of hydrogen-bond acceptors (Lipinski definition) is 6. The van der Waals surface area contributed by atoms with Crippen molar-refractivity contribution in [3.05, 3.63) is 42.7 Å². The van der Waals surface area contributed by atoms with E-state index in [1.165, 1.54) is 0 Å². The molecule has 0 radical (unpaired) electrons. The topological polar surface area (TPSA) is 80.2 Å². The fourth-order valence-electron chi connectivity index (χ4n) is 3.50. The highest BCUT2D eigenvalue weighted by atomic mass is 16.5. The van der Waals surface area contributed by atoms with Gasteiger partial charge in [-0.2, -0.15) is 0 Å². The molecule has 1 amide bonds. The maximum Gasteiger partial charge on any atom is 0.242 e. The number of benzene rings is 1. The molecule has 2 atom stereocenters. The lowest BCUT2D eigenvalue weighted by molar-refractivity contribution is -0.119. The Balaban J connectivity index is 1.61. The molecule has 2 aromatic heterocycles. The van der Waals surface area contributed by atoms with Gasteiger partial charge in [-0.1, -0.05) is 19.1 Å². The first kappa shape index (κ1) is 19.1. The number of ether oxygens (including phenoxy) is 1. The monoisotopic (exact) mass is 391 g/mol. The third-order valence-corrected chi connectivity index (χ3v) is 5.40. The van der Waals surface area contributed by atoms with Gasteiger partial charge in [0.2, 0.25) is 11.8 Å². The molecule has 3 heterocycles. The predicted molar refractivity (Wildman–Crippen MR) is 113 cm³/mol. The second kappa shape index (κ2) is 8.03. The Morgan fingerprint density at radius 2 is 1.97 bits per heavy atom. The molecule has 1 fully saturated rings. The van der Waals surface area contributed by atoms with Crippen LogP contribution in [0.2, 0.25) is 0 Å². The van der Waals surface area contributed by atoms with Crippen LogP contribution in [0.1, 0.15) is 13.3 Å². The Kier molecular flexibility index (Phi) is 5.29. The van der Waals surface area contributed by atoms with Crippen LogP contribution in [0.4, 0.5) is 5.69 Å². The summed E-state index contributed by atoms with van der Waals surface area (Å²) >= 11 is 0. The van der Waals surface area contributed by atoms with Gasteiger partial charge in [0.15, 0.2) is 5.52 Å². The summed E-state index contributed by atoms with van der Waals surface area (Å²) < 4.78 is 6.09. The van der Waals surface area contributed by atoms with E-state index < -0.39 is 0 Å². The Bertz CT molecular complexity index is 1020. The molecule has 0 bridgehead atoms. The maximum absolute atomic E-state index is 11.5. The molecule has 7 nitrogen and oxygen atoms in total. The quantitative estimate of drug-likeness (QED) is 0.696. The summed E-state index contributed by atoms with van der Waals surface area (Å²) in [5.41, 5.74) is 4.30.